The van der Waals surface area contributed by atoms with E-state index in [1.807, 2.05) is 44.2 Å². The number of carboxylic acids is 1. The molecule has 0 unspecified atom stereocenters. The van der Waals surface area contributed by atoms with E-state index in [0.717, 1.165) is 22.3 Å². The number of rotatable bonds is 9. The Bertz CT molecular complexity index is 1660. The average Bonchev–Trinajstić information content (AvgIpc) is 2.89. The topological polar surface area (TPSA) is 137 Å². The summed E-state index contributed by atoms with van der Waals surface area (Å²) in [7, 11) is -4.07. The maximum atomic E-state index is 13.2. The molecule has 0 saturated heterocycles. The summed E-state index contributed by atoms with van der Waals surface area (Å²) in [4.78, 5) is 28.6. The van der Waals surface area contributed by atoms with Gasteiger partial charge in [-0.05, 0) is 85.7 Å². The summed E-state index contributed by atoms with van der Waals surface area (Å²) in [5.41, 5.74) is 6.48. The minimum Gasteiger partial charge on any atom is -0.480 e. The molecule has 1 heterocycles. The summed E-state index contributed by atoms with van der Waals surface area (Å²) in [5.74, 6) is -1.26. The van der Waals surface area contributed by atoms with Crippen LogP contribution in [-0.4, -0.2) is 36.6 Å². The van der Waals surface area contributed by atoms with Gasteiger partial charge in [-0.3, -0.25) is 9.78 Å². The van der Waals surface area contributed by atoms with Crippen molar-refractivity contribution in [3.63, 3.8) is 0 Å². The second-order valence-electron chi connectivity index (χ2n) is 9.99. The molecule has 0 bridgehead atoms. The molecule has 4 rings (SSSR count). The van der Waals surface area contributed by atoms with E-state index in [-0.39, 0.29) is 11.3 Å². The molecule has 10 heteroatoms. The largest absolute Gasteiger partial charge is 0.480 e. The zero-order valence-electron chi connectivity index (χ0n) is 23.2. The van der Waals surface area contributed by atoms with Crippen molar-refractivity contribution in [3.05, 3.63) is 107 Å². The predicted molar refractivity (Wildman–Crippen MR) is 160 cm³/mol. The number of nitrogens with one attached hydrogen (secondary N) is 3. The highest BCUT2D eigenvalue weighted by Crippen LogP contribution is 2.27. The van der Waals surface area contributed by atoms with Crippen LogP contribution in [0.15, 0.2) is 84.0 Å². The van der Waals surface area contributed by atoms with Crippen LogP contribution in [0.4, 0.5) is 16.2 Å². The zero-order valence-corrected chi connectivity index (χ0v) is 24.0. The molecule has 4 aromatic rings. The van der Waals surface area contributed by atoms with Crippen LogP contribution in [0.1, 0.15) is 27.8 Å². The van der Waals surface area contributed by atoms with E-state index in [0.29, 0.717) is 28.1 Å². The van der Waals surface area contributed by atoms with Crippen molar-refractivity contribution in [1.82, 2.24) is 9.71 Å². The fourth-order valence-corrected chi connectivity index (χ4v) is 6.39. The van der Waals surface area contributed by atoms with E-state index in [4.69, 9.17) is 0 Å². The number of amides is 2. The Morgan fingerprint density at radius 3 is 2.12 bits per heavy atom. The highest BCUT2D eigenvalue weighted by Gasteiger charge is 2.28. The smallest absolute Gasteiger partial charge is 0.323 e. The molecule has 0 fully saturated rings. The van der Waals surface area contributed by atoms with Crippen LogP contribution < -0.4 is 15.4 Å². The Morgan fingerprint density at radius 2 is 1.51 bits per heavy atom. The van der Waals surface area contributed by atoms with Gasteiger partial charge in [0.05, 0.1) is 16.8 Å². The molecule has 0 spiro atoms. The lowest BCUT2D eigenvalue weighted by atomic mass is 9.99. The van der Waals surface area contributed by atoms with Crippen LogP contribution in [0.5, 0.6) is 0 Å². The average molecular weight is 573 g/mol. The van der Waals surface area contributed by atoms with Gasteiger partial charge in [-0.1, -0.05) is 54.1 Å². The van der Waals surface area contributed by atoms with Crippen LogP contribution in [0.3, 0.4) is 0 Å². The van der Waals surface area contributed by atoms with Gasteiger partial charge in [0, 0.05) is 11.9 Å². The summed E-state index contributed by atoms with van der Waals surface area (Å²) in [5, 5.41) is 15.4. The molecule has 0 saturated carbocycles. The van der Waals surface area contributed by atoms with Crippen molar-refractivity contribution in [2.45, 2.75) is 45.1 Å². The summed E-state index contributed by atoms with van der Waals surface area (Å²) >= 11 is 0. The van der Waals surface area contributed by atoms with E-state index in [9.17, 15) is 23.1 Å². The minimum absolute atomic E-state index is 0.0337. The molecular weight excluding hydrogens is 540 g/mol. The predicted octanol–water partition coefficient (Wildman–Crippen LogP) is 5.60. The second kappa shape index (κ2) is 12.3. The van der Waals surface area contributed by atoms with Crippen LogP contribution in [0.2, 0.25) is 0 Å². The summed E-state index contributed by atoms with van der Waals surface area (Å²) in [6, 6.07) is 18.1. The van der Waals surface area contributed by atoms with E-state index >= 15 is 0 Å². The summed E-state index contributed by atoms with van der Waals surface area (Å²) in [6.45, 7) is 7.16. The third kappa shape index (κ3) is 7.36. The molecule has 41 heavy (non-hydrogen) atoms. The van der Waals surface area contributed by atoms with Crippen LogP contribution in [-0.2, 0) is 21.2 Å². The molecule has 1 aromatic heterocycles. The van der Waals surface area contributed by atoms with Crippen molar-refractivity contribution < 1.29 is 23.1 Å². The zero-order chi connectivity index (χ0) is 29.7. The van der Waals surface area contributed by atoms with Gasteiger partial charge < -0.3 is 15.7 Å². The van der Waals surface area contributed by atoms with E-state index in [1.54, 1.807) is 62.6 Å². The number of pyridine rings is 1. The highest BCUT2D eigenvalue weighted by molar-refractivity contribution is 7.89. The van der Waals surface area contributed by atoms with Gasteiger partial charge >= 0.3 is 12.0 Å². The molecule has 0 aliphatic carbocycles. The van der Waals surface area contributed by atoms with Gasteiger partial charge in [0.1, 0.15) is 6.04 Å². The lowest BCUT2D eigenvalue weighted by Crippen LogP contribution is -2.42. The maximum Gasteiger partial charge on any atom is 0.323 e. The number of hydrogen-bond donors (Lipinski definition) is 4. The third-order valence-corrected chi connectivity index (χ3v) is 8.38. The quantitative estimate of drug-likeness (QED) is 0.206. The Morgan fingerprint density at radius 1 is 0.854 bits per heavy atom. The van der Waals surface area contributed by atoms with Gasteiger partial charge in [0.25, 0.3) is 0 Å². The first-order valence-corrected chi connectivity index (χ1v) is 14.4. The molecular formula is C31H32N4O5S. The fourth-order valence-electron chi connectivity index (χ4n) is 4.74. The number of aromatic nitrogens is 1. The summed E-state index contributed by atoms with van der Waals surface area (Å²) in [6.07, 6.45) is 3.14. The number of hydrogen-bond acceptors (Lipinski definition) is 5. The van der Waals surface area contributed by atoms with E-state index < -0.39 is 28.1 Å². The molecule has 0 aliphatic heterocycles. The van der Waals surface area contributed by atoms with Crippen LogP contribution in [0, 0.1) is 27.7 Å². The third-order valence-electron chi connectivity index (χ3n) is 6.60. The Hall–Kier alpha value is -4.54. The van der Waals surface area contributed by atoms with E-state index in [1.165, 1.54) is 0 Å². The number of carbonyl (C=O) groups excluding carboxylic acids is 1. The van der Waals surface area contributed by atoms with Crippen LogP contribution in [0.25, 0.3) is 11.1 Å². The van der Waals surface area contributed by atoms with Gasteiger partial charge in [-0.2, -0.15) is 4.72 Å². The lowest BCUT2D eigenvalue weighted by molar-refractivity contribution is -0.138. The molecule has 0 radical (unpaired) electrons. The molecule has 4 N–H and O–H groups in total. The molecule has 9 nitrogen and oxygen atoms in total. The van der Waals surface area contributed by atoms with Gasteiger partial charge in [-0.15, -0.1) is 0 Å². The first-order chi connectivity index (χ1) is 19.4. The second-order valence-corrected chi connectivity index (χ2v) is 11.6. The van der Waals surface area contributed by atoms with Crippen molar-refractivity contribution in [2.75, 3.05) is 10.6 Å². The molecule has 2 amide bonds. The minimum atomic E-state index is -4.07. The lowest BCUT2D eigenvalue weighted by Gasteiger charge is -2.18. The highest BCUT2D eigenvalue weighted by atomic mass is 32.2. The number of carboxylic acid groups (broad SMARTS) is 1. The number of urea groups is 1. The van der Waals surface area contributed by atoms with Crippen molar-refractivity contribution in [1.29, 1.82) is 0 Å². The molecule has 1 atom stereocenters. The number of carbonyl (C=O) groups is 2. The van der Waals surface area contributed by atoms with E-state index in [2.05, 4.69) is 20.3 Å². The maximum absolute atomic E-state index is 13.2. The Kier molecular flexibility index (Phi) is 8.85. The molecule has 3 aromatic carbocycles. The Labute approximate surface area is 239 Å². The SMILES string of the molecule is Cc1cc(C)c(S(=O)(=O)N[C@@H](Cc2ccc(-c3ccc(C)c(NC(=O)Nc4cccnc4)c3)cc2)C(=O)O)c(C)c1. The van der Waals surface area contributed by atoms with Crippen molar-refractivity contribution >= 4 is 33.4 Å². The number of anilines is 2. The van der Waals surface area contributed by atoms with Crippen LogP contribution >= 0.6 is 0 Å². The monoisotopic (exact) mass is 572 g/mol. The normalized spacial score (nSPS) is 12.0. The van der Waals surface area contributed by atoms with Crippen molar-refractivity contribution in [2.24, 2.45) is 0 Å². The number of benzene rings is 3. The van der Waals surface area contributed by atoms with Gasteiger partial charge in [-0.25, -0.2) is 13.2 Å². The standard InChI is InChI=1S/C31H32N4O5S/c1-19-14-21(3)29(22(4)15-19)41(39,40)35-28(30(36)37)16-23-8-11-24(12-9-23)25-10-7-20(2)27(17-25)34-31(38)33-26-6-5-13-32-18-26/h5-15,17-18,28,35H,16H2,1-4H3,(H,36,37)(H2,33,34,38)/t28-/m0/s1. The summed E-state index contributed by atoms with van der Waals surface area (Å²) < 4.78 is 28.7. The first-order valence-electron chi connectivity index (χ1n) is 12.9. The first kappa shape index (κ1) is 29.4. The fraction of sp³-hybridized carbons (Fsp3) is 0.194. The number of aryl methyl sites for hydroxylation is 4. The molecule has 212 valence electrons. The number of nitrogens with zero attached hydrogens (tertiary/aromatic N) is 1. The van der Waals surface area contributed by atoms with Gasteiger partial charge in [0.2, 0.25) is 10.0 Å². The van der Waals surface area contributed by atoms with Crippen molar-refractivity contribution in [3.8, 4) is 11.1 Å². The Balaban J connectivity index is 1.48. The number of sulfonamides is 1. The number of aliphatic carboxylic acids is 1. The van der Waals surface area contributed by atoms with Gasteiger partial charge in [0.15, 0.2) is 0 Å². The molecule has 0 aliphatic rings.